The molecule has 0 aliphatic carbocycles. The molecular weight excluding hydrogens is 324 g/mol. The summed E-state index contributed by atoms with van der Waals surface area (Å²) in [7, 11) is -3.93. The average Bonchev–Trinajstić information content (AvgIpc) is 2.51. The van der Waals surface area contributed by atoms with E-state index in [1.165, 1.54) is 12.1 Å². The molecule has 1 unspecified atom stereocenters. The molecule has 23 heavy (non-hydrogen) atoms. The summed E-state index contributed by atoms with van der Waals surface area (Å²) in [6.07, 6.45) is 0.733. The fourth-order valence-corrected chi connectivity index (χ4v) is 2.89. The van der Waals surface area contributed by atoms with Crippen molar-refractivity contribution < 1.29 is 21.9 Å². The van der Waals surface area contributed by atoms with Crippen LogP contribution >= 0.6 is 0 Å². The van der Waals surface area contributed by atoms with Crippen molar-refractivity contribution in [2.75, 3.05) is 4.72 Å². The molecule has 4 nitrogen and oxygen atoms in total. The normalized spacial score (nSPS) is 12.7. The van der Waals surface area contributed by atoms with Crippen LogP contribution in [0, 0.1) is 11.6 Å². The van der Waals surface area contributed by atoms with E-state index >= 15 is 0 Å². The van der Waals surface area contributed by atoms with Crippen LogP contribution in [-0.2, 0) is 10.0 Å². The molecule has 1 atom stereocenters. The molecule has 2 aromatic carbocycles. The van der Waals surface area contributed by atoms with Gasteiger partial charge in [0.05, 0.1) is 16.7 Å². The maximum absolute atomic E-state index is 13.2. The van der Waals surface area contributed by atoms with Crippen LogP contribution in [0.2, 0.25) is 0 Å². The molecule has 0 heterocycles. The molecule has 2 aromatic rings. The van der Waals surface area contributed by atoms with E-state index in [0.717, 1.165) is 24.6 Å². The van der Waals surface area contributed by atoms with E-state index in [1.807, 2.05) is 13.8 Å². The third-order valence-corrected chi connectivity index (χ3v) is 4.58. The second-order valence-corrected chi connectivity index (χ2v) is 6.73. The lowest BCUT2D eigenvalue weighted by Crippen LogP contribution is -2.14. The molecule has 0 saturated heterocycles. The zero-order valence-electron chi connectivity index (χ0n) is 12.7. The molecule has 0 radical (unpaired) electrons. The fourth-order valence-electron chi connectivity index (χ4n) is 1.80. The van der Waals surface area contributed by atoms with Crippen molar-refractivity contribution in [2.24, 2.45) is 0 Å². The monoisotopic (exact) mass is 341 g/mol. The quantitative estimate of drug-likeness (QED) is 0.866. The number of anilines is 1. The van der Waals surface area contributed by atoms with Gasteiger partial charge in [-0.25, -0.2) is 17.2 Å². The smallest absolute Gasteiger partial charge is 0.262 e. The fraction of sp³-hybridized carbons (Fsp3) is 0.250. The highest BCUT2D eigenvalue weighted by atomic mass is 32.2. The summed E-state index contributed by atoms with van der Waals surface area (Å²) in [6.45, 7) is 3.83. The highest BCUT2D eigenvalue weighted by Gasteiger charge is 2.16. The van der Waals surface area contributed by atoms with E-state index in [9.17, 15) is 17.2 Å². The summed E-state index contributed by atoms with van der Waals surface area (Å²) in [5.74, 6) is -1.75. The first-order chi connectivity index (χ1) is 10.8. The summed E-state index contributed by atoms with van der Waals surface area (Å²) in [6, 6.07) is 8.78. The second kappa shape index (κ2) is 6.95. The Kier molecular flexibility index (Phi) is 5.20. The number of sulfonamides is 1. The second-order valence-electron chi connectivity index (χ2n) is 5.05. The van der Waals surface area contributed by atoms with Crippen LogP contribution in [-0.4, -0.2) is 14.5 Å². The number of halogens is 2. The lowest BCUT2D eigenvalue weighted by Gasteiger charge is -2.14. The van der Waals surface area contributed by atoms with Crippen LogP contribution in [0.3, 0.4) is 0 Å². The summed E-state index contributed by atoms with van der Waals surface area (Å²) in [4.78, 5) is -0.0250. The Balaban J connectivity index is 2.25. The highest BCUT2D eigenvalue weighted by molar-refractivity contribution is 7.92. The van der Waals surface area contributed by atoms with E-state index in [0.29, 0.717) is 5.75 Å². The van der Waals surface area contributed by atoms with E-state index in [1.54, 1.807) is 12.1 Å². The molecule has 0 saturated carbocycles. The molecule has 7 heteroatoms. The van der Waals surface area contributed by atoms with E-state index < -0.39 is 21.7 Å². The molecular formula is C16H17F2NO3S. The molecule has 0 aliphatic heterocycles. The first-order valence-corrected chi connectivity index (χ1v) is 8.54. The molecule has 124 valence electrons. The molecule has 0 fully saturated rings. The van der Waals surface area contributed by atoms with Crippen molar-refractivity contribution in [3.63, 3.8) is 0 Å². The van der Waals surface area contributed by atoms with Crippen molar-refractivity contribution in [1.82, 2.24) is 0 Å². The minimum atomic E-state index is -3.93. The predicted molar refractivity (Wildman–Crippen MR) is 84.0 cm³/mol. The topological polar surface area (TPSA) is 55.4 Å². The SMILES string of the molecule is CCC(C)Oc1cccc(S(=O)(=O)Nc2ccc(F)c(F)c2)c1. The number of ether oxygens (including phenoxy) is 1. The van der Waals surface area contributed by atoms with Crippen LogP contribution in [0.25, 0.3) is 0 Å². The molecule has 0 aliphatic rings. The molecule has 2 rings (SSSR count). The molecule has 0 bridgehead atoms. The van der Waals surface area contributed by atoms with Crippen molar-refractivity contribution in [1.29, 1.82) is 0 Å². The number of hydrogen-bond donors (Lipinski definition) is 1. The number of rotatable bonds is 6. The molecule has 0 amide bonds. The van der Waals surface area contributed by atoms with Gasteiger partial charge in [0.15, 0.2) is 11.6 Å². The Bertz CT molecular complexity index is 794. The Morgan fingerprint density at radius 2 is 1.87 bits per heavy atom. The van der Waals surface area contributed by atoms with Crippen LogP contribution in [0.15, 0.2) is 47.4 Å². The first kappa shape index (κ1) is 17.2. The lowest BCUT2D eigenvalue weighted by atomic mass is 10.3. The van der Waals surface area contributed by atoms with Gasteiger partial charge in [-0.3, -0.25) is 4.72 Å². The van der Waals surface area contributed by atoms with Gasteiger partial charge in [0, 0.05) is 12.1 Å². The highest BCUT2D eigenvalue weighted by Crippen LogP contribution is 2.22. The van der Waals surface area contributed by atoms with Gasteiger partial charge < -0.3 is 4.74 Å². The maximum Gasteiger partial charge on any atom is 0.262 e. The zero-order chi connectivity index (χ0) is 17.0. The van der Waals surface area contributed by atoms with Crippen LogP contribution in [0.5, 0.6) is 5.75 Å². The molecule has 0 spiro atoms. The van der Waals surface area contributed by atoms with Gasteiger partial charge in [-0.05, 0) is 37.6 Å². The van der Waals surface area contributed by atoms with Gasteiger partial charge in [-0.2, -0.15) is 0 Å². The van der Waals surface area contributed by atoms with Gasteiger partial charge >= 0.3 is 0 Å². The summed E-state index contributed by atoms with van der Waals surface area (Å²) in [5, 5.41) is 0. The van der Waals surface area contributed by atoms with E-state index in [2.05, 4.69) is 4.72 Å². The standard InChI is InChI=1S/C16H17F2NO3S/c1-3-11(2)22-13-5-4-6-14(10-13)23(20,21)19-12-7-8-15(17)16(18)9-12/h4-11,19H,3H2,1-2H3. The maximum atomic E-state index is 13.2. The zero-order valence-corrected chi connectivity index (χ0v) is 13.5. The van der Waals surface area contributed by atoms with Crippen LogP contribution in [0.4, 0.5) is 14.5 Å². The molecule has 0 aromatic heterocycles. The first-order valence-electron chi connectivity index (χ1n) is 7.06. The van der Waals surface area contributed by atoms with Gasteiger partial charge in [0.1, 0.15) is 5.75 Å². The Morgan fingerprint density at radius 3 is 2.52 bits per heavy atom. The largest absolute Gasteiger partial charge is 0.491 e. The summed E-state index contributed by atoms with van der Waals surface area (Å²) >= 11 is 0. The Morgan fingerprint density at radius 1 is 1.13 bits per heavy atom. The summed E-state index contributed by atoms with van der Waals surface area (Å²) in [5.41, 5.74) is -0.0582. The third kappa shape index (κ3) is 4.41. The van der Waals surface area contributed by atoms with Crippen molar-refractivity contribution in [3.05, 3.63) is 54.1 Å². The number of benzene rings is 2. The van der Waals surface area contributed by atoms with Crippen LogP contribution < -0.4 is 9.46 Å². The van der Waals surface area contributed by atoms with Crippen molar-refractivity contribution in [2.45, 2.75) is 31.3 Å². The third-order valence-electron chi connectivity index (χ3n) is 3.20. The number of nitrogens with one attached hydrogen (secondary N) is 1. The lowest BCUT2D eigenvalue weighted by molar-refractivity contribution is 0.217. The Hall–Kier alpha value is -2.15. The minimum absolute atomic E-state index is 0.0250. The van der Waals surface area contributed by atoms with Gasteiger partial charge in [-0.1, -0.05) is 13.0 Å². The van der Waals surface area contributed by atoms with Crippen molar-refractivity contribution >= 4 is 15.7 Å². The van der Waals surface area contributed by atoms with Gasteiger partial charge in [0.25, 0.3) is 10.0 Å². The summed E-state index contributed by atoms with van der Waals surface area (Å²) < 4.78 is 58.5. The van der Waals surface area contributed by atoms with E-state index in [-0.39, 0.29) is 16.7 Å². The van der Waals surface area contributed by atoms with Crippen molar-refractivity contribution in [3.8, 4) is 5.75 Å². The molecule has 1 N–H and O–H groups in total. The Labute approximate surface area is 134 Å². The average molecular weight is 341 g/mol. The minimum Gasteiger partial charge on any atom is -0.491 e. The van der Waals surface area contributed by atoms with Gasteiger partial charge in [0.2, 0.25) is 0 Å². The number of hydrogen-bond acceptors (Lipinski definition) is 3. The predicted octanol–water partition coefficient (Wildman–Crippen LogP) is 3.94. The van der Waals surface area contributed by atoms with E-state index in [4.69, 9.17) is 4.74 Å². The van der Waals surface area contributed by atoms with Crippen LogP contribution in [0.1, 0.15) is 20.3 Å². The van der Waals surface area contributed by atoms with Gasteiger partial charge in [-0.15, -0.1) is 0 Å².